The first kappa shape index (κ1) is 46.5. The molecule has 282 valence electrons. The molecular formula is C44H91N3. The largest absolute Gasteiger partial charge is 0.389 e. The molecule has 47 heavy (non-hydrogen) atoms. The molecule has 5 rings (SSSR count). The predicted molar refractivity (Wildman–Crippen MR) is 215 cm³/mol. The summed E-state index contributed by atoms with van der Waals surface area (Å²) >= 11 is 0. The Hall–Kier alpha value is -0.540. The lowest BCUT2D eigenvalue weighted by molar-refractivity contribution is 0.185. The van der Waals surface area contributed by atoms with Crippen LogP contribution in [0.25, 0.3) is 0 Å². The number of likely N-dealkylation sites (tertiary alicyclic amines) is 2. The molecule has 0 aromatic carbocycles. The number of rotatable bonds is 10. The van der Waals surface area contributed by atoms with Gasteiger partial charge in [-0.2, -0.15) is 0 Å². The zero-order chi connectivity index (χ0) is 35.6. The summed E-state index contributed by atoms with van der Waals surface area (Å²) in [5.41, 5.74) is 0. The number of nitrogens with one attached hydrogen (secondary N) is 1. The van der Waals surface area contributed by atoms with Crippen LogP contribution in [0, 0.1) is 35.5 Å². The second kappa shape index (κ2) is 29.2. The molecule has 2 heterocycles. The summed E-state index contributed by atoms with van der Waals surface area (Å²) < 4.78 is 0. The summed E-state index contributed by atoms with van der Waals surface area (Å²) in [6.45, 7) is 36.0. The lowest BCUT2D eigenvalue weighted by Crippen LogP contribution is -2.35. The van der Waals surface area contributed by atoms with Gasteiger partial charge in [0, 0.05) is 18.1 Å². The maximum atomic E-state index is 3.49. The summed E-state index contributed by atoms with van der Waals surface area (Å²) in [5.74, 6) is 6.11. The van der Waals surface area contributed by atoms with E-state index in [1.54, 1.807) is 6.20 Å². The normalized spacial score (nSPS) is 20.3. The molecule has 1 N–H and O–H groups in total. The van der Waals surface area contributed by atoms with Crippen molar-refractivity contribution in [1.29, 1.82) is 0 Å². The molecule has 3 aliphatic carbocycles. The fraction of sp³-hybridized carbons (Fsp3) is 0.955. The minimum absolute atomic E-state index is 0.530. The highest BCUT2D eigenvalue weighted by Gasteiger charge is 2.21. The van der Waals surface area contributed by atoms with E-state index in [0.29, 0.717) is 6.04 Å². The Morgan fingerprint density at radius 2 is 0.787 bits per heavy atom. The molecular weight excluding hydrogens is 571 g/mol. The van der Waals surface area contributed by atoms with Crippen LogP contribution in [0.15, 0.2) is 12.8 Å². The lowest BCUT2D eigenvalue weighted by Gasteiger charge is -2.29. The van der Waals surface area contributed by atoms with Crippen LogP contribution >= 0.6 is 0 Å². The van der Waals surface area contributed by atoms with E-state index in [9.17, 15) is 0 Å². The van der Waals surface area contributed by atoms with Crippen LogP contribution in [-0.4, -0.2) is 54.1 Å². The summed E-state index contributed by atoms with van der Waals surface area (Å²) in [7, 11) is 0. The molecule has 0 aromatic heterocycles. The molecule has 2 saturated heterocycles. The van der Waals surface area contributed by atoms with Crippen molar-refractivity contribution in [3.63, 3.8) is 0 Å². The molecule has 0 amide bonds. The molecule has 0 unspecified atom stereocenters. The Kier molecular flexibility index (Phi) is 28.9. The molecule has 0 spiro atoms. The van der Waals surface area contributed by atoms with Crippen LogP contribution in [0.2, 0.25) is 0 Å². The number of piperidine rings is 1. The van der Waals surface area contributed by atoms with Gasteiger partial charge in [0.1, 0.15) is 0 Å². The van der Waals surface area contributed by atoms with Gasteiger partial charge in [-0.15, -0.1) is 0 Å². The zero-order valence-corrected chi connectivity index (χ0v) is 34.7. The predicted octanol–water partition coefficient (Wildman–Crippen LogP) is 13.0. The van der Waals surface area contributed by atoms with E-state index in [2.05, 4.69) is 105 Å². The summed E-state index contributed by atoms with van der Waals surface area (Å²) in [4.78, 5) is 5.09. The number of nitrogens with zero attached hydrogens (tertiary/aromatic N) is 2. The van der Waals surface area contributed by atoms with Gasteiger partial charge in [0.05, 0.1) is 0 Å². The first-order valence-corrected chi connectivity index (χ1v) is 21.1. The monoisotopic (exact) mass is 662 g/mol. The van der Waals surface area contributed by atoms with Crippen molar-refractivity contribution in [1.82, 2.24) is 15.1 Å². The van der Waals surface area contributed by atoms with Gasteiger partial charge >= 0.3 is 0 Å². The average Bonchev–Trinajstić information content (AvgIpc) is 3.38. The van der Waals surface area contributed by atoms with E-state index in [1.807, 2.05) is 0 Å². The van der Waals surface area contributed by atoms with Gasteiger partial charge in [0.15, 0.2) is 0 Å². The highest BCUT2D eigenvalue weighted by molar-refractivity contribution is 4.74. The van der Waals surface area contributed by atoms with Crippen molar-refractivity contribution in [2.75, 3.05) is 26.2 Å². The molecule has 0 aromatic rings. The lowest BCUT2D eigenvalue weighted by atomic mass is 9.80. The molecule has 0 radical (unpaired) electrons. The Morgan fingerprint density at radius 1 is 0.468 bits per heavy atom. The van der Waals surface area contributed by atoms with Gasteiger partial charge in [0.25, 0.3) is 0 Å². The van der Waals surface area contributed by atoms with Crippen molar-refractivity contribution >= 4 is 0 Å². The van der Waals surface area contributed by atoms with E-state index in [4.69, 9.17) is 0 Å². The van der Waals surface area contributed by atoms with Crippen LogP contribution in [0.1, 0.15) is 192 Å². The number of hydrogen-bond acceptors (Lipinski definition) is 3. The minimum atomic E-state index is 0.530. The average molecular weight is 662 g/mol. The molecule has 5 aliphatic rings. The Morgan fingerprint density at radius 3 is 0.979 bits per heavy atom. The minimum Gasteiger partial charge on any atom is -0.389 e. The fourth-order valence-electron chi connectivity index (χ4n) is 7.26. The quantitative estimate of drug-likeness (QED) is 0.251. The van der Waals surface area contributed by atoms with Crippen molar-refractivity contribution in [2.45, 2.75) is 210 Å². The van der Waals surface area contributed by atoms with E-state index in [-0.39, 0.29) is 0 Å². The highest BCUT2D eigenvalue weighted by Crippen LogP contribution is 2.35. The molecule has 0 bridgehead atoms. The second-order valence-electron chi connectivity index (χ2n) is 17.8. The maximum absolute atomic E-state index is 3.49. The van der Waals surface area contributed by atoms with Gasteiger partial charge in [-0.1, -0.05) is 112 Å². The number of hydrogen-bond donors (Lipinski definition) is 1. The SMILES string of the molecule is C=CNC(C)C.CC(C)CC1CC1.CC(C)CC1CCC1.CC(C)CC1CCCC1.CC(C)N1CCCC1.CC(C)N1CCCCC1. The first-order valence-electron chi connectivity index (χ1n) is 21.1. The van der Waals surface area contributed by atoms with Crippen LogP contribution in [-0.2, 0) is 0 Å². The smallest absolute Gasteiger partial charge is 0.0199 e. The van der Waals surface area contributed by atoms with Crippen molar-refractivity contribution in [3.8, 4) is 0 Å². The van der Waals surface area contributed by atoms with Crippen molar-refractivity contribution in [3.05, 3.63) is 12.8 Å². The Labute approximate surface area is 299 Å². The highest BCUT2D eigenvalue weighted by atomic mass is 15.2. The maximum Gasteiger partial charge on any atom is 0.0199 e. The standard InChI is InChI=1S/C9H18.C8H17N.C8H16.C7H15N.C7H14.C5H11N/c1-8(2)7-9-5-3-4-6-9;1-8(2)9-6-4-3-5-7-9;1-7(2)6-8-4-3-5-8;1-7(2)8-5-3-4-6-8;1-6(2)5-7-3-4-7;1-4-6-5(2)3/h8-9H,3-7H2,1-2H3;8H,3-7H2,1-2H3;7-8H,3-6H2,1-2H3;7H,3-6H2,1-2H3;6-7H,3-5H2,1-2H3;4-6H,1H2,2-3H3. The zero-order valence-electron chi connectivity index (χ0n) is 34.7. The van der Waals surface area contributed by atoms with Crippen LogP contribution in [0.4, 0.5) is 0 Å². The van der Waals surface area contributed by atoms with E-state index in [1.165, 1.54) is 135 Å². The van der Waals surface area contributed by atoms with Crippen molar-refractivity contribution < 1.29 is 0 Å². The topological polar surface area (TPSA) is 18.5 Å². The van der Waals surface area contributed by atoms with Gasteiger partial charge in [-0.25, -0.2) is 0 Å². The summed E-state index contributed by atoms with van der Waals surface area (Å²) in [5, 5.41) is 2.97. The molecule has 0 atom stereocenters. The second-order valence-corrected chi connectivity index (χ2v) is 17.8. The summed E-state index contributed by atoms with van der Waals surface area (Å²) in [6.07, 6.45) is 26.8. The Bertz CT molecular complexity index is 656. The van der Waals surface area contributed by atoms with E-state index < -0.39 is 0 Å². The third-order valence-electron chi connectivity index (χ3n) is 10.3. The van der Waals surface area contributed by atoms with Crippen LogP contribution in [0.3, 0.4) is 0 Å². The van der Waals surface area contributed by atoms with Crippen LogP contribution in [0.5, 0.6) is 0 Å². The van der Waals surface area contributed by atoms with Gasteiger partial charge < -0.3 is 15.1 Å². The third kappa shape index (κ3) is 30.0. The van der Waals surface area contributed by atoms with Gasteiger partial charge in [-0.05, 0) is 154 Å². The molecule has 3 heteroatoms. The van der Waals surface area contributed by atoms with E-state index in [0.717, 1.165) is 47.6 Å². The first-order chi connectivity index (χ1) is 22.2. The van der Waals surface area contributed by atoms with Crippen LogP contribution < -0.4 is 5.32 Å². The molecule has 3 nitrogen and oxygen atoms in total. The molecule has 3 saturated carbocycles. The Balaban J connectivity index is 0.000000543. The van der Waals surface area contributed by atoms with Crippen molar-refractivity contribution in [2.24, 2.45) is 35.5 Å². The van der Waals surface area contributed by atoms with Gasteiger partial charge in [-0.3, -0.25) is 0 Å². The van der Waals surface area contributed by atoms with Gasteiger partial charge in [0.2, 0.25) is 0 Å². The molecule has 5 fully saturated rings. The molecule has 2 aliphatic heterocycles. The third-order valence-corrected chi connectivity index (χ3v) is 10.3. The summed E-state index contributed by atoms with van der Waals surface area (Å²) in [6, 6.07) is 2.07. The fourth-order valence-corrected chi connectivity index (χ4v) is 7.26. The van der Waals surface area contributed by atoms with E-state index >= 15 is 0 Å².